The van der Waals surface area contributed by atoms with Crippen LogP contribution in [0.25, 0.3) is 0 Å². The van der Waals surface area contributed by atoms with Gasteiger partial charge in [-0.05, 0) is 31.6 Å². The molecule has 1 saturated heterocycles. The molecule has 2 aliphatic rings. The van der Waals surface area contributed by atoms with Gasteiger partial charge in [0.2, 0.25) is 0 Å². The van der Waals surface area contributed by atoms with Crippen LogP contribution in [0.5, 0.6) is 0 Å². The molecule has 134 valence electrons. The van der Waals surface area contributed by atoms with E-state index in [-0.39, 0.29) is 21.4 Å². The van der Waals surface area contributed by atoms with Gasteiger partial charge in [-0.2, -0.15) is 0 Å². The van der Waals surface area contributed by atoms with E-state index < -0.39 is 0 Å². The zero-order valence-corrected chi connectivity index (χ0v) is 19.0. The molecule has 1 saturated carbocycles. The fourth-order valence-electron chi connectivity index (χ4n) is 3.22. The number of hydrogen-bond acceptors (Lipinski definition) is 3. The maximum absolute atomic E-state index is 6.36. The number of hydrogen-bond donors (Lipinski definition) is 1. The molecule has 0 spiro atoms. The Balaban J connectivity index is 0.000000219. The first kappa shape index (κ1) is 20.3. The van der Waals surface area contributed by atoms with Crippen LogP contribution in [-0.2, 0) is 0 Å². The van der Waals surface area contributed by atoms with E-state index in [1.54, 1.807) is 0 Å². The van der Waals surface area contributed by atoms with Gasteiger partial charge in [0.05, 0.1) is 0 Å². The molecule has 1 heterocycles. The van der Waals surface area contributed by atoms with Crippen LogP contribution in [0.15, 0.2) is 18.2 Å². The van der Waals surface area contributed by atoms with Crippen LogP contribution in [0.1, 0.15) is 45.1 Å². The zero-order valence-electron chi connectivity index (χ0n) is 15.4. The molecule has 24 heavy (non-hydrogen) atoms. The summed E-state index contributed by atoms with van der Waals surface area (Å²) in [7, 11) is 0. The number of likely N-dealkylation sites (N-methyl/N-ethyl adjacent to an activating group) is 1. The van der Waals surface area contributed by atoms with E-state index in [9.17, 15) is 0 Å². The van der Waals surface area contributed by atoms with Gasteiger partial charge in [0.25, 0.3) is 0 Å². The zero-order chi connectivity index (χ0) is 17.5. The maximum atomic E-state index is 6.36. The summed E-state index contributed by atoms with van der Waals surface area (Å²) >= 11 is 5.99. The molecule has 1 aliphatic carbocycles. The van der Waals surface area contributed by atoms with Gasteiger partial charge in [0.15, 0.2) is 0 Å². The van der Waals surface area contributed by atoms with E-state index in [1.807, 2.05) is 0 Å². The predicted octanol–water partition coefficient (Wildman–Crippen LogP) is 3.89. The van der Waals surface area contributed by atoms with Crippen LogP contribution in [0.2, 0.25) is 5.02 Å². The Hall–Kier alpha value is 0.0287. The number of halogens is 1. The van der Waals surface area contributed by atoms with Crippen LogP contribution >= 0.6 is 11.6 Å². The van der Waals surface area contributed by atoms with Crippen LogP contribution in [0.4, 0.5) is 5.69 Å². The van der Waals surface area contributed by atoms with Crippen molar-refractivity contribution in [2.75, 3.05) is 29.1 Å². The van der Waals surface area contributed by atoms with Crippen LogP contribution in [0, 0.1) is 12.8 Å². The van der Waals surface area contributed by atoms with Crippen LogP contribution in [-0.4, -0.2) is 54.8 Å². The second kappa shape index (κ2) is 10.2. The minimum atomic E-state index is -0.373. The summed E-state index contributed by atoms with van der Waals surface area (Å²) < 4.78 is 3.89. The van der Waals surface area contributed by atoms with Gasteiger partial charge < -0.3 is 5.73 Å². The van der Waals surface area contributed by atoms with Gasteiger partial charge in [0, 0.05) is 6.04 Å². The predicted molar refractivity (Wildman–Crippen MR) is 107 cm³/mol. The van der Waals surface area contributed by atoms with Crippen molar-refractivity contribution in [1.82, 2.24) is 3.12 Å². The number of rotatable bonds is 2. The summed E-state index contributed by atoms with van der Waals surface area (Å²) in [6, 6.07) is 6.85. The van der Waals surface area contributed by atoms with Crippen LogP contribution in [0.3, 0.4) is 0 Å². The molecule has 0 aromatic heterocycles. The third-order valence-corrected chi connectivity index (χ3v) is 9.88. The molecule has 0 atom stereocenters. The average molecular weight is 457 g/mol. The number of nitrogens with zero attached hydrogens (tertiary/aromatic N) is 2. The molecular formula is C19H32ClN3Sn. The van der Waals surface area contributed by atoms with E-state index in [4.69, 9.17) is 17.3 Å². The van der Waals surface area contributed by atoms with Crippen molar-refractivity contribution in [3.8, 4) is 0 Å². The van der Waals surface area contributed by atoms with E-state index in [2.05, 4.69) is 47.0 Å². The van der Waals surface area contributed by atoms with Gasteiger partial charge in [-0.1, -0.05) is 6.92 Å². The van der Waals surface area contributed by atoms with E-state index >= 15 is 0 Å². The molecule has 1 aromatic rings. The molecule has 1 aromatic carbocycles. The summed E-state index contributed by atoms with van der Waals surface area (Å²) in [5.74, 6) is 0.940. The first-order chi connectivity index (χ1) is 11.5. The monoisotopic (exact) mass is 457 g/mol. The number of nitrogens with two attached hydrogens (primary N) is 1. The van der Waals surface area contributed by atoms with Crippen molar-refractivity contribution in [2.24, 2.45) is 11.7 Å². The summed E-state index contributed by atoms with van der Waals surface area (Å²) in [6.07, 6.45) is 5.20. The normalized spacial score (nSPS) is 25.1. The van der Waals surface area contributed by atoms with E-state index in [1.165, 1.54) is 54.6 Å². The topological polar surface area (TPSA) is 32.5 Å². The van der Waals surface area contributed by atoms with Crippen LogP contribution < -0.4 is 10.6 Å². The fraction of sp³-hybridized carbons (Fsp3) is 0.684. The Kier molecular flexibility index (Phi) is 8.68. The molecular weight excluding hydrogens is 424 g/mol. The Bertz CT molecular complexity index is 485. The molecule has 1 aliphatic heterocycles. The van der Waals surface area contributed by atoms with Gasteiger partial charge in [0.1, 0.15) is 0 Å². The SMILES string of the molecule is CC1CCC(N)CC1.CC[N]1CCN(c2cccc(C)c2Cl)[CH2][Sn]1. The Morgan fingerprint density at radius 3 is 2.46 bits per heavy atom. The Morgan fingerprint density at radius 2 is 1.92 bits per heavy atom. The molecule has 0 bridgehead atoms. The molecule has 2 fully saturated rings. The molecule has 3 rings (SSSR count). The third-order valence-electron chi connectivity index (χ3n) is 5.08. The van der Waals surface area contributed by atoms with Gasteiger partial charge in [-0.15, -0.1) is 0 Å². The number of aryl methyl sites for hydroxylation is 1. The second-order valence-corrected chi connectivity index (χ2v) is 11.1. The van der Waals surface area contributed by atoms with Crippen molar-refractivity contribution in [3.63, 3.8) is 0 Å². The second-order valence-electron chi connectivity index (χ2n) is 7.09. The van der Waals surface area contributed by atoms with Crippen molar-refractivity contribution in [2.45, 2.75) is 52.5 Å². The Morgan fingerprint density at radius 1 is 1.21 bits per heavy atom. The van der Waals surface area contributed by atoms with Gasteiger partial charge in [-0.3, -0.25) is 0 Å². The quantitative estimate of drug-likeness (QED) is 0.686. The molecule has 5 heteroatoms. The minimum absolute atomic E-state index is 0.373. The molecule has 0 amide bonds. The Labute approximate surface area is 163 Å². The molecule has 0 unspecified atom stereocenters. The first-order valence-electron chi connectivity index (χ1n) is 9.25. The van der Waals surface area contributed by atoms with Gasteiger partial charge in [-0.25, -0.2) is 0 Å². The van der Waals surface area contributed by atoms with E-state index in [0.717, 1.165) is 17.5 Å². The van der Waals surface area contributed by atoms with Crippen molar-refractivity contribution in [3.05, 3.63) is 28.8 Å². The average Bonchev–Trinajstić information content (AvgIpc) is 2.61. The summed E-state index contributed by atoms with van der Waals surface area (Å²) in [5, 5.41) is 0.937. The fourth-order valence-corrected chi connectivity index (χ4v) is 6.84. The van der Waals surface area contributed by atoms with Crippen molar-refractivity contribution >= 4 is 38.7 Å². The molecule has 2 radical (unpaired) electrons. The summed E-state index contributed by atoms with van der Waals surface area (Å²) in [6.45, 7) is 10.2. The number of anilines is 1. The molecule has 3 nitrogen and oxygen atoms in total. The standard InChI is InChI=1S/C12H17ClN2.C7H15N.Sn/c1-4-14-8-9-15(3)11-7-5-6-10(2)12(11)13;1-6-2-4-7(8)5-3-6;/h5-7H,3-4,8-9H2,1-2H3;6-7H,2-5,8H2,1H3;/q-1;;+1. The molecule has 2 N–H and O–H groups in total. The summed E-state index contributed by atoms with van der Waals surface area (Å²) in [5.41, 5.74) is 8.11. The third kappa shape index (κ3) is 6.08. The first-order valence-corrected chi connectivity index (χ1v) is 12.9. The van der Waals surface area contributed by atoms with Crippen molar-refractivity contribution < 1.29 is 0 Å². The van der Waals surface area contributed by atoms with Crippen molar-refractivity contribution in [1.29, 1.82) is 0 Å². The summed E-state index contributed by atoms with van der Waals surface area (Å²) in [4.78, 5) is 2.47. The van der Waals surface area contributed by atoms with Gasteiger partial charge >= 0.3 is 114 Å². The van der Waals surface area contributed by atoms with E-state index in [0.29, 0.717) is 6.04 Å². The number of benzene rings is 1.